The van der Waals surface area contributed by atoms with Gasteiger partial charge in [0.05, 0.1) is 11.2 Å². The molecule has 8 rings (SSSR count). The van der Waals surface area contributed by atoms with Crippen molar-refractivity contribution >= 4 is 38.1 Å². The molecule has 0 spiro atoms. The summed E-state index contributed by atoms with van der Waals surface area (Å²) >= 11 is 0. The van der Waals surface area contributed by atoms with Crippen LogP contribution in [0, 0.1) is 0 Å². The zero-order valence-corrected chi connectivity index (χ0v) is 21.9. The number of fused-ring (bicyclic) bond motifs is 5. The van der Waals surface area contributed by atoms with E-state index in [-0.39, 0.29) is 0 Å². The fourth-order valence-electron chi connectivity index (χ4n) is 6.68. The molecule has 0 unspecified atom stereocenters. The molecule has 0 saturated carbocycles. The lowest BCUT2D eigenvalue weighted by atomic mass is 9.94. The van der Waals surface area contributed by atoms with Gasteiger partial charge in [0.1, 0.15) is 0 Å². The van der Waals surface area contributed by atoms with E-state index in [9.17, 15) is 0 Å². The molecule has 0 saturated heterocycles. The Labute approximate surface area is 227 Å². The molecule has 1 heterocycles. The van der Waals surface area contributed by atoms with Crippen LogP contribution in [0.25, 0.3) is 71.5 Å². The molecule has 1 aliphatic carbocycles. The Morgan fingerprint density at radius 1 is 0.590 bits per heavy atom. The first-order chi connectivity index (χ1) is 19.2. The molecular formula is C37H28N2. The third-order valence-electron chi connectivity index (χ3n) is 8.45. The Morgan fingerprint density at radius 2 is 1.23 bits per heavy atom. The fraction of sp³-hybridized carbons (Fsp3) is 0.0811. The number of anilines is 1. The molecule has 6 aromatic carbocycles. The van der Waals surface area contributed by atoms with Crippen LogP contribution in [0.3, 0.4) is 0 Å². The molecule has 2 N–H and O–H groups in total. The van der Waals surface area contributed by atoms with Crippen molar-refractivity contribution in [2.45, 2.75) is 19.8 Å². The highest BCUT2D eigenvalue weighted by molar-refractivity contribution is 6.20. The van der Waals surface area contributed by atoms with Gasteiger partial charge >= 0.3 is 0 Å². The summed E-state index contributed by atoms with van der Waals surface area (Å²) in [6.45, 7) is 2.21. The molecule has 1 aliphatic rings. The predicted octanol–water partition coefficient (Wildman–Crippen LogP) is 9.79. The highest BCUT2D eigenvalue weighted by Gasteiger charge is 2.23. The van der Waals surface area contributed by atoms with E-state index in [0.29, 0.717) is 0 Å². The Hall–Kier alpha value is -4.82. The van der Waals surface area contributed by atoms with Gasteiger partial charge in [-0.2, -0.15) is 0 Å². The van der Waals surface area contributed by atoms with Gasteiger partial charge in [0.15, 0.2) is 0 Å². The van der Waals surface area contributed by atoms with Crippen molar-refractivity contribution < 1.29 is 0 Å². The number of nitrogens with two attached hydrogens (primary N) is 1. The van der Waals surface area contributed by atoms with Crippen molar-refractivity contribution in [2.24, 2.45) is 0 Å². The van der Waals surface area contributed by atoms with Crippen LogP contribution in [0.5, 0.6) is 0 Å². The van der Waals surface area contributed by atoms with E-state index in [1.165, 1.54) is 66.1 Å². The fourth-order valence-corrected chi connectivity index (χ4v) is 6.68. The van der Waals surface area contributed by atoms with Crippen molar-refractivity contribution in [3.63, 3.8) is 0 Å². The maximum atomic E-state index is 6.63. The summed E-state index contributed by atoms with van der Waals surface area (Å²) in [6, 6.07) is 42.2. The molecular weight excluding hydrogens is 472 g/mol. The maximum absolute atomic E-state index is 6.63. The molecule has 0 radical (unpaired) electrons. The van der Waals surface area contributed by atoms with Crippen molar-refractivity contribution in [3.8, 4) is 39.1 Å². The van der Waals surface area contributed by atoms with Crippen molar-refractivity contribution in [3.05, 3.63) is 121 Å². The number of rotatable bonds is 4. The molecule has 0 aliphatic heterocycles. The normalized spacial score (nSPS) is 12.0. The summed E-state index contributed by atoms with van der Waals surface area (Å²) < 4.78 is 2.34. The van der Waals surface area contributed by atoms with E-state index in [1.54, 1.807) is 0 Å². The van der Waals surface area contributed by atoms with Crippen LogP contribution in [-0.4, -0.2) is 4.57 Å². The third kappa shape index (κ3) is 3.15. The minimum absolute atomic E-state index is 0.899. The molecule has 2 nitrogen and oxygen atoms in total. The lowest BCUT2D eigenvalue weighted by molar-refractivity contribution is 0.856. The summed E-state index contributed by atoms with van der Waals surface area (Å²) in [4.78, 5) is 0. The largest absolute Gasteiger partial charge is 0.397 e. The van der Waals surface area contributed by atoms with E-state index >= 15 is 0 Å². The molecule has 39 heavy (non-hydrogen) atoms. The first kappa shape index (κ1) is 22.2. The van der Waals surface area contributed by atoms with Crippen molar-refractivity contribution in [1.29, 1.82) is 0 Å². The number of para-hydroxylation sites is 1. The second-order valence-electron chi connectivity index (χ2n) is 10.6. The van der Waals surface area contributed by atoms with Gasteiger partial charge in [0, 0.05) is 16.8 Å². The van der Waals surface area contributed by atoms with E-state index < -0.39 is 0 Å². The van der Waals surface area contributed by atoms with Crippen LogP contribution in [0.2, 0.25) is 0 Å². The minimum Gasteiger partial charge on any atom is -0.397 e. The van der Waals surface area contributed by atoms with E-state index in [2.05, 4.69) is 127 Å². The SMILES string of the molecule is CCCc1c(N)c2ccccc2n1-c1ccc(-c2ccc3c4c(cccc24)-c2cc4ccccc4cc2-3)cc1. The van der Waals surface area contributed by atoms with Gasteiger partial charge in [-0.15, -0.1) is 0 Å². The van der Waals surface area contributed by atoms with Crippen LogP contribution < -0.4 is 5.73 Å². The predicted molar refractivity (Wildman–Crippen MR) is 167 cm³/mol. The van der Waals surface area contributed by atoms with Gasteiger partial charge in [-0.05, 0) is 91.7 Å². The smallest absolute Gasteiger partial charge is 0.0611 e. The average Bonchev–Trinajstić information content (AvgIpc) is 3.45. The summed E-state index contributed by atoms with van der Waals surface area (Å²) in [5, 5.41) is 6.37. The van der Waals surface area contributed by atoms with Crippen LogP contribution in [0.15, 0.2) is 115 Å². The molecule has 0 atom stereocenters. The van der Waals surface area contributed by atoms with E-state index in [0.717, 1.165) is 29.6 Å². The first-order valence-electron chi connectivity index (χ1n) is 13.8. The van der Waals surface area contributed by atoms with Crippen LogP contribution in [0.4, 0.5) is 5.69 Å². The zero-order chi connectivity index (χ0) is 26.1. The lowest BCUT2D eigenvalue weighted by Crippen LogP contribution is -2.02. The number of benzene rings is 6. The standard InChI is InChI=1S/C37H28N2/c1-2-8-35-37(38)31-11-5-6-14-34(31)39(35)26-17-15-23(16-18-26)27-19-20-30-33-22-25-10-4-3-9-24(25)21-32(33)29-13-7-12-28(27)36(29)30/h3-7,9-22H,2,8,38H2,1H3. The quantitative estimate of drug-likeness (QED) is 0.256. The number of hydrogen-bond acceptors (Lipinski definition) is 1. The van der Waals surface area contributed by atoms with Crippen molar-refractivity contribution in [2.75, 3.05) is 5.73 Å². The average molecular weight is 501 g/mol. The third-order valence-corrected chi connectivity index (χ3v) is 8.45. The molecule has 0 amide bonds. The molecule has 2 heteroatoms. The Balaban J connectivity index is 1.28. The number of aromatic nitrogens is 1. The van der Waals surface area contributed by atoms with E-state index in [1.807, 2.05) is 0 Å². The highest BCUT2D eigenvalue weighted by atomic mass is 15.0. The molecule has 186 valence electrons. The Morgan fingerprint density at radius 3 is 1.97 bits per heavy atom. The summed E-state index contributed by atoms with van der Waals surface area (Å²) in [7, 11) is 0. The Bertz CT molecular complexity index is 2030. The number of nitrogen functional groups attached to an aromatic ring is 1. The maximum Gasteiger partial charge on any atom is 0.0611 e. The van der Waals surface area contributed by atoms with E-state index in [4.69, 9.17) is 5.73 Å². The molecule has 1 aromatic heterocycles. The van der Waals surface area contributed by atoms with Crippen LogP contribution in [0.1, 0.15) is 19.0 Å². The van der Waals surface area contributed by atoms with Gasteiger partial charge < -0.3 is 10.3 Å². The van der Waals surface area contributed by atoms with Gasteiger partial charge in [-0.1, -0.05) is 98.3 Å². The summed E-state index contributed by atoms with van der Waals surface area (Å²) in [5.41, 5.74) is 18.9. The monoisotopic (exact) mass is 500 g/mol. The summed E-state index contributed by atoms with van der Waals surface area (Å²) in [6.07, 6.45) is 2.00. The van der Waals surface area contributed by atoms with Crippen LogP contribution >= 0.6 is 0 Å². The molecule has 0 bridgehead atoms. The zero-order valence-electron chi connectivity index (χ0n) is 21.9. The van der Waals surface area contributed by atoms with Crippen LogP contribution in [-0.2, 0) is 6.42 Å². The lowest BCUT2D eigenvalue weighted by Gasteiger charge is -2.13. The van der Waals surface area contributed by atoms with Gasteiger partial charge in [0.25, 0.3) is 0 Å². The molecule has 7 aromatic rings. The van der Waals surface area contributed by atoms with Gasteiger partial charge in [-0.3, -0.25) is 0 Å². The second kappa shape index (κ2) is 8.34. The number of hydrogen-bond donors (Lipinski definition) is 1. The molecule has 0 fully saturated rings. The minimum atomic E-state index is 0.899. The van der Waals surface area contributed by atoms with Gasteiger partial charge in [0.2, 0.25) is 0 Å². The Kier molecular flexibility index (Phi) is 4.75. The summed E-state index contributed by atoms with van der Waals surface area (Å²) in [5.74, 6) is 0. The first-order valence-corrected chi connectivity index (χ1v) is 13.8. The highest BCUT2D eigenvalue weighted by Crippen LogP contribution is 2.50. The number of nitrogens with zero attached hydrogens (tertiary/aromatic N) is 1. The topological polar surface area (TPSA) is 30.9 Å². The van der Waals surface area contributed by atoms with Crippen molar-refractivity contribution in [1.82, 2.24) is 4.57 Å². The van der Waals surface area contributed by atoms with Gasteiger partial charge in [-0.25, -0.2) is 0 Å². The second-order valence-corrected chi connectivity index (χ2v) is 10.6.